The summed E-state index contributed by atoms with van der Waals surface area (Å²) in [5, 5.41) is 15.8. The van der Waals surface area contributed by atoms with Gasteiger partial charge in [-0.1, -0.05) is 24.8 Å². The van der Waals surface area contributed by atoms with Gasteiger partial charge in [0.15, 0.2) is 0 Å². The van der Waals surface area contributed by atoms with Gasteiger partial charge in [0.05, 0.1) is 7.11 Å². The first kappa shape index (κ1) is 18.2. The predicted molar refractivity (Wildman–Crippen MR) is 97.5 cm³/mol. The number of amides is 1. The van der Waals surface area contributed by atoms with E-state index in [-0.39, 0.29) is 11.3 Å². The Morgan fingerprint density at radius 3 is 2.60 bits per heavy atom. The van der Waals surface area contributed by atoms with Crippen LogP contribution in [0.2, 0.25) is 0 Å². The predicted octanol–water partition coefficient (Wildman–Crippen LogP) is 2.94. The van der Waals surface area contributed by atoms with E-state index < -0.39 is 5.91 Å². The molecule has 132 valence electrons. The topological polar surface area (TPSA) is 79.8 Å². The van der Waals surface area contributed by atoms with Crippen LogP contribution < -0.4 is 20.1 Å². The SMILES string of the molecule is C=CCOc1ccc(CNC(=O)c2c(O)cc(NC)cc2OC)cc1. The number of hydrogen-bond donors (Lipinski definition) is 3. The number of anilines is 1. The number of phenolic OH excluding ortho intramolecular Hbond substituents is 1. The molecule has 25 heavy (non-hydrogen) atoms. The van der Waals surface area contributed by atoms with Crippen LogP contribution in [0, 0.1) is 0 Å². The lowest BCUT2D eigenvalue weighted by atomic mass is 10.1. The van der Waals surface area contributed by atoms with Gasteiger partial charge in [-0.25, -0.2) is 0 Å². The minimum absolute atomic E-state index is 0.104. The molecule has 0 unspecified atom stereocenters. The number of phenols is 1. The summed E-state index contributed by atoms with van der Waals surface area (Å²) >= 11 is 0. The maximum absolute atomic E-state index is 12.4. The molecule has 0 saturated carbocycles. The molecule has 0 atom stereocenters. The van der Waals surface area contributed by atoms with E-state index in [4.69, 9.17) is 9.47 Å². The molecule has 1 amide bonds. The van der Waals surface area contributed by atoms with Gasteiger partial charge in [0.25, 0.3) is 5.91 Å². The van der Waals surface area contributed by atoms with Crippen molar-refractivity contribution in [1.29, 1.82) is 0 Å². The summed E-state index contributed by atoms with van der Waals surface area (Å²) in [6, 6.07) is 10.5. The highest BCUT2D eigenvalue weighted by Gasteiger charge is 2.18. The zero-order valence-electron chi connectivity index (χ0n) is 14.3. The maximum atomic E-state index is 12.4. The van der Waals surface area contributed by atoms with Crippen LogP contribution in [0.4, 0.5) is 5.69 Å². The molecule has 0 radical (unpaired) electrons. The normalized spacial score (nSPS) is 10.0. The summed E-state index contributed by atoms with van der Waals surface area (Å²) in [7, 11) is 3.17. The fourth-order valence-electron chi connectivity index (χ4n) is 2.26. The third kappa shape index (κ3) is 4.67. The molecule has 2 aromatic rings. The van der Waals surface area contributed by atoms with Crippen LogP contribution in [0.15, 0.2) is 49.1 Å². The molecule has 0 aliphatic heterocycles. The van der Waals surface area contributed by atoms with E-state index in [1.807, 2.05) is 24.3 Å². The standard InChI is InChI=1S/C19H22N2O4/c1-4-9-25-15-7-5-13(6-8-15)12-21-19(23)18-16(22)10-14(20-2)11-17(18)24-3/h4-8,10-11,20,22H,1,9,12H2,2-3H3,(H,21,23). The van der Waals surface area contributed by atoms with Gasteiger partial charge in [-0.15, -0.1) is 0 Å². The maximum Gasteiger partial charge on any atom is 0.259 e. The number of ether oxygens (including phenoxy) is 2. The van der Waals surface area contributed by atoms with Crippen molar-refractivity contribution in [3.8, 4) is 17.2 Å². The molecule has 2 aromatic carbocycles. The Morgan fingerprint density at radius 2 is 2.00 bits per heavy atom. The Balaban J connectivity index is 2.06. The third-order valence-corrected chi connectivity index (χ3v) is 3.56. The molecule has 0 saturated heterocycles. The molecule has 0 bridgehead atoms. The second-order valence-corrected chi connectivity index (χ2v) is 5.25. The largest absolute Gasteiger partial charge is 0.507 e. The Hall–Kier alpha value is -3.15. The van der Waals surface area contributed by atoms with Crippen molar-refractivity contribution in [2.75, 3.05) is 26.1 Å². The lowest BCUT2D eigenvalue weighted by molar-refractivity contribution is 0.0945. The number of carbonyl (C=O) groups is 1. The van der Waals surface area contributed by atoms with E-state index in [9.17, 15) is 9.90 Å². The van der Waals surface area contributed by atoms with Gasteiger partial charge in [-0.2, -0.15) is 0 Å². The van der Waals surface area contributed by atoms with Crippen LogP contribution >= 0.6 is 0 Å². The number of hydrogen-bond acceptors (Lipinski definition) is 5. The van der Waals surface area contributed by atoms with Crippen molar-refractivity contribution in [3.63, 3.8) is 0 Å². The molecule has 0 heterocycles. The quantitative estimate of drug-likeness (QED) is 0.643. The number of nitrogens with one attached hydrogen (secondary N) is 2. The first-order valence-electron chi connectivity index (χ1n) is 7.78. The minimum Gasteiger partial charge on any atom is -0.507 e. The highest BCUT2D eigenvalue weighted by Crippen LogP contribution is 2.31. The number of carbonyl (C=O) groups excluding carboxylic acids is 1. The third-order valence-electron chi connectivity index (χ3n) is 3.56. The van der Waals surface area contributed by atoms with Crippen LogP contribution in [0.25, 0.3) is 0 Å². The molecule has 6 nitrogen and oxygen atoms in total. The Labute approximate surface area is 147 Å². The van der Waals surface area contributed by atoms with Crippen LogP contribution in [0.1, 0.15) is 15.9 Å². The van der Waals surface area contributed by atoms with Crippen molar-refractivity contribution in [1.82, 2.24) is 5.32 Å². The van der Waals surface area contributed by atoms with Crippen LogP contribution in [-0.2, 0) is 6.54 Å². The van der Waals surface area contributed by atoms with Crippen molar-refractivity contribution < 1.29 is 19.4 Å². The molecule has 0 aromatic heterocycles. The minimum atomic E-state index is -0.413. The Morgan fingerprint density at radius 1 is 1.28 bits per heavy atom. The Bertz CT molecular complexity index is 742. The van der Waals surface area contributed by atoms with Gasteiger partial charge in [0, 0.05) is 31.4 Å². The lowest BCUT2D eigenvalue weighted by Crippen LogP contribution is -2.23. The molecular weight excluding hydrogens is 320 g/mol. The molecule has 0 aliphatic rings. The van der Waals surface area contributed by atoms with E-state index in [0.29, 0.717) is 24.6 Å². The lowest BCUT2D eigenvalue weighted by Gasteiger charge is -2.13. The van der Waals surface area contributed by atoms with Crippen molar-refractivity contribution in [2.24, 2.45) is 0 Å². The first-order valence-corrected chi connectivity index (χ1v) is 7.78. The molecule has 3 N–H and O–H groups in total. The average Bonchev–Trinajstić information content (AvgIpc) is 2.64. The van der Waals surface area contributed by atoms with Crippen molar-refractivity contribution in [2.45, 2.75) is 6.54 Å². The number of rotatable bonds is 8. The van der Waals surface area contributed by atoms with Crippen LogP contribution in [-0.4, -0.2) is 31.8 Å². The highest BCUT2D eigenvalue weighted by molar-refractivity contribution is 6.00. The average molecular weight is 342 g/mol. The summed E-state index contributed by atoms with van der Waals surface area (Å²) in [6.45, 7) is 4.35. The van der Waals surface area contributed by atoms with Gasteiger partial charge in [-0.3, -0.25) is 4.79 Å². The molecule has 6 heteroatoms. The van der Waals surface area contributed by atoms with E-state index in [1.165, 1.54) is 13.2 Å². The zero-order valence-corrected chi connectivity index (χ0v) is 14.3. The number of aromatic hydroxyl groups is 1. The zero-order chi connectivity index (χ0) is 18.2. The molecular formula is C19H22N2O4. The second kappa shape index (κ2) is 8.63. The van der Waals surface area contributed by atoms with E-state index in [2.05, 4.69) is 17.2 Å². The summed E-state index contributed by atoms with van der Waals surface area (Å²) in [6.07, 6.45) is 1.67. The fraction of sp³-hybridized carbons (Fsp3) is 0.211. The highest BCUT2D eigenvalue weighted by atomic mass is 16.5. The second-order valence-electron chi connectivity index (χ2n) is 5.25. The fourth-order valence-corrected chi connectivity index (χ4v) is 2.26. The summed E-state index contributed by atoms with van der Waals surface area (Å²) in [5.74, 6) is 0.477. The Kier molecular flexibility index (Phi) is 6.28. The van der Waals surface area contributed by atoms with E-state index in [1.54, 1.807) is 19.2 Å². The molecule has 0 fully saturated rings. The van der Waals surface area contributed by atoms with E-state index >= 15 is 0 Å². The molecule has 0 aliphatic carbocycles. The van der Waals surface area contributed by atoms with Crippen molar-refractivity contribution >= 4 is 11.6 Å². The number of benzene rings is 2. The van der Waals surface area contributed by atoms with Crippen molar-refractivity contribution in [3.05, 3.63) is 60.2 Å². The smallest absolute Gasteiger partial charge is 0.259 e. The van der Waals surface area contributed by atoms with Gasteiger partial charge in [0.1, 0.15) is 29.4 Å². The van der Waals surface area contributed by atoms with E-state index in [0.717, 1.165) is 11.3 Å². The van der Waals surface area contributed by atoms with Crippen LogP contribution in [0.5, 0.6) is 17.2 Å². The van der Waals surface area contributed by atoms with Gasteiger partial charge in [-0.05, 0) is 17.7 Å². The van der Waals surface area contributed by atoms with Gasteiger partial charge >= 0.3 is 0 Å². The summed E-state index contributed by atoms with van der Waals surface area (Å²) < 4.78 is 10.6. The van der Waals surface area contributed by atoms with Crippen LogP contribution in [0.3, 0.4) is 0 Å². The van der Waals surface area contributed by atoms with Gasteiger partial charge < -0.3 is 25.2 Å². The monoisotopic (exact) mass is 342 g/mol. The molecule has 2 rings (SSSR count). The molecule has 0 spiro atoms. The first-order chi connectivity index (χ1) is 12.1. The van der Waals surface area contributed by atoms with Gasteiger partial charge in [0.2, 0.25) is 0 Å². The summed E-state index contributed by atoms with van der Waals surface area (Å²) in [4.78, 5) is 12.4. The summed E-state index contributed by atoms with van der Waals surface area (Å²) in [5.41, 5.74) is 1.66. The number of methoxy groups -OCH3 is 1.